The predicted octanol–water partition coefficient (Wildman–Crippen LogP) is 3.32. The van der Waals surface area contributed by atoms with E-state index in [0.29, 0.717) is 19.0 Å². The Hall–Kier alpha value is -1.31. The van der Waals surface area contributed by atoms with Crippen LogP contribution in [0.4, 0.5) is 5.69 Å². The van der Waals surface area contributed by atoms with Crippen molar-refractivity contribution in [3.8, 4) is 0 Å². The minimum Gasteiger partial charge on any atom is -0.370 e. The fourth-order valence-corrected chi connectivity index (χ4v) is 2.27. The summed E-state index contributed by atoms with van der Waals surface area (Å²) in [5.41, 5.74) is 9.56. The molecule has 0 radical (unpaired) electrons. The highest BCUT2D eigenvalue weighted by Crippen LogP contribution is 2.22. The first-order valence-corrected chi connectivity index (χ1v) is 8.44. The molecule has 0 aromatic heterocycles. The molecule has 0 saturated heterocycles. The van der Waals surface area contributed by atoms with E-state index in [0.717, 1.165) is 24.9 Å². The van der Waals surface area contributed by atoms with Gasteiger partial charge in [-0.2, -0.15) is 0 Å². The van der Waals surface area contributed by atoms with E-state index >= 15 is 0 Å². The van der Waals surface area contributed by atoms with E-state index in [9.17, 15) is 4.79 Å². The lowest BCUT2D eigenvalue weighted by molar-refractivity contribution is -0.123. The predicted molar refractivity (Wildman–Crippen MR) is 113 cm³/mol. The molecule has 5 nitrogen and oxygen atoms in total. The zero-order chi connectivity index (χ0) is 17.2. The van der Waals surface area contributed by atoms with Crippen molar-refractivity contribution in [2.24, 2.45) is 16.6 Å². The van der Waals surface area contributed by atoms with E-state index in [1.165, 1.54) is 11.1 Å². The molecule has 0 aliphatic carbocycles. The van der Waals surface area contributed by atoms with E-state index < -0.39 is 0 Å². The normalized spacial score (nSPS) is 11.1. The number of anilines is 1. The van der Waals surface area contributed by atoms with Crippen LogP contribution in [-0.2, 0) is 17.6 Å². The lowest BCUT2D eigenvalue weighted by Crippen LogP contribution is -2.29. The van der Waals surface area contributed by atoms with E-state index in [2.05, 4.69) is 47.7 Å². The number of halogens is 1. The molecule has 136 valence electrons. The van der Waals surface area contributed by atoms with Gasteiger partial charge in [0.2, 0.25) is 5.91 Å². The minimum atomic E-state index is 0. The number of rotatable bonds is 8. The van der Waals surface area contributed by atoms with E-state index in [1.54, 1.807) is 0 Å². The van der Waals surface area contributed by atoms with E-state index in [-0.39, 0.29) is 35.8 Å². The summed E-state index contributed by atoms with van der Waals surface area (Å²) in [7, 11) is 0. The Bertz CT molecular complexity index is 522. The van der Waals surface area contributed by atoms with Crippen LogP contribution in [0, 0.1) is 5.92 Å². The number of hydrogen-bond acceptors (Lipinski definition) is 2. The summed E-state index contributed by atoms with van der Waals surface area (Å²) in [5, 5.41) is 6.11. The van der Waals surface area contributed by atoms with Gasteiger partial charge in [-0.15, -0.1) is 24.0 Å². The Labute approximate surface area is 162 Å². The topological polar surface area (TPSA) is 79.5 Å². The highest BCUT2D eigenvalue weighted by molar-refractivity contribution is 14.0. The van der Waals surface area contributed by atoms with Crippen molar-refractivity contribution in [1.82, 2.24) is 5.32 Å². The number of nitrogens with zero attached hydrogens (tertiary/aromatic N) is 1. The Balaban J connectivity index is 0.00000529. The highest BCUT2D eigenvalue weighted by Gasteiger charge is 2.07. The summed E-state index contributed by atoms with van der Waals surface area (Å²) in [5.74, 6) is 0.517. The summed E-state index contributed by atoms with van der Waals surface area (Å²) in [6.07, 6.45) is 2.67. The van der Waals surface area contributed by atoms with Crippen LogP contribution >= 0.6 is 24.0 Å². The van der Waals surface area contributed by atoms with Gasteiger partial charge >= 0.3 is 0 Å². The molecule has 1 amide bonds. The van der Waals surface area contributed by atoms with Crippen molar-refractivity contribution >= 4 is 41.5 Å². The van der Waals surface area contributed by atoms with Crippen LogP contribution in [0.3, 0.4) is 0 Å². The molecule has 24 heavy (non-hydrogen) atoms. The Morgan fingerprint density at radius 3 is 2.29 bits per heavy atom. The summed E-state index contributed by atoms with van der Waals surface area (Å²) in [4.78, 5) is 15.8. The van der Waals surface area contributed by atoms with Crippen molar-refractivity contribution in [2.75, 3.05) is 18.4 Å². The molecule has 0 atom stereocenters. The van der Waals surface area contributed by atoms with Gasteiger partial charge in [-0.1, -0.05) is 45.9 Å². The molecular formula is C18H31IN4O. The second-order valence-electron chi connectivity index (χ2n) is 5.85. The molecule has 6 heteroatoms. The maximum Gasteiger partial charge on any atom is 0.222 e. The van der Waals surface area contributed by atoms with Crippen molar-refractivity contribution in [3.63, 3.8) is 0 Å². The number of carbonyl (C=O) groups excluding carboxylic acids is 1. The monoisotopic (exact) mass is 446 g/mol. The van der Waals surface area contributed by atoms with Gasteiger partial charge in [-0.3, -0.25) is 9.79 Å². The molecule has 0 aliphatic rings. The molecule has 0 fully saturated rings. The third-order valence-electron chi connectivity index (χ3n) is 3.69. The number of guanidine groups is 1. The number of para-hydroxylation sites is 1. The van der Waals surface area contributed by atoms with E-state index in [4.69, 9.17) is 5.73 Å². The molecule has 0 aliphatic heterocycles. The van der Waals surface area contributed by atoms with Crippen LogP contribution in [0.2, 0.25) is 0 Å². The molecule has 0 unspecified atom stereocenters. The van der Waals surface area contributed by atoms with Gasteiger partial charge in [0.15, 0.2) is 5.96 Å². The summed E-state index contributed by atoms with van der Waals surface area (Å²) < 4.78 is 0. The van der Waals surface area contributed by atoms with Crippen molar-refractivity contribution in [1.29, 1.82) is 0 Å². The van der Waals surface area contributed by atoms with Gasteiger partial charge in [0, 0.05) is 24.7 Å². The molecule has 0 heterocycles. The Morgan fingerprint density at radius 2 is 1.79 bits per heavy atom. The minimum absolute atomic E-state index is 0. The van der Waals surface area contributed by atoms with Crippen molar-refractivity contribution in [3.05, 3.63) is 29.3 Å². The van der Waals surface area contributed by atoms with Crippen LogP contribution in [-0.4, -0.2) is 25.0 Å². The zero-order valence-electron chi connectivity index (χ0n) is 15.2. The summed E-state index contributed by atoms with van der Waals surface area (Å²) >= 11 is 0. The number of nitrogens with two attached hydrogens (primary N) is 1. The first-order valence-electron chi connectivity index (χ1n) is 8.44. The van der Waals surface area contributed by atoms with Crippen molar-refractivity contribution < 1.29 is 4.79 Å². The lowest BCUT2D eigenvalue weighted by atomic mass is 10.0. The smallest absolute Gasteiger partial charge is 0.222 e. The second kappa shape index (κ2) is 12.1. The molecule has 1 rings (SSSR count). The third kappa shape index (κ3) is 7.51. The first-order chi connectivity index (χ1) is 11.0. The largest absolute Gasteiger partial charge is 0.370 e. The maximum atomic E-state index is 11.4. The van der Waals surface area contributed by atoms with Gasteiger partial charge in [0.05, 0.1) is 0 Å². The molecule has 0 bridgehead atoms. The average molecular weight is 446 g/mol. The van der Waals surface area contributed by atoms with Gasteiger partial charge in [-0.05, 0) is 30.4 Å². The van der Waals surface area contributed by atoms with Crippen molar-refractivity contribution in [2.45, 2.75) is 47.0 Å². The molecule has 0 saturated carbocycles. The van der Waals surface area contributed by atoms with Gasteiger partial charge in [-0.25, -0.2) is 0 Å². The second-order valence-corrected chi connectivity index (χ2v) is 5.85. The number of benzene rings is 1. The van der Waals surface area contributed by atoms with Crippen LogP contribution in [0.25, 0.3) is 0 Å². The van der Waals surface area contributed by atoms with Gasteiger partial charge < -0.3 is 16.4 Å². The molecular weight excluding hydrogens is 415 g/mol. The maximum absolute atomic E-state index is 11.4. The summed E-state index contributed by atoms with van der Waals surface area (Å²) in [6, 6.07) is 6.29. The van der Waals surface area contributed by atoms with Gasteiger partial charge in [0.1, 0.15) is 0 Å². The molecule has 0 spiro atoms. The quantitative estimate of drug-likeness (QED) is 0.248. The summed E-state index contributed by atoms with van der Waals surface area (Å²) in [6.45, 7) is 9.24. The van der Waals surface area contributed by atoms with Crippen LogP contribution in [0.15, 0.2) is 23.2 Å². The van der Waals surface area contributed by atoms with Crippen LogP contribution in [0.5, 0.6) is 0 Å². The van der Waals surface area contributed by atoms with Crippen LogP contribution < -0.4 is 16.4 Å². The molecule has 1 aromatic carbocycles. The zero-order valence-corrected chi connectivity index (χ0v) is 17.5. The average Bonchev–Trinajstić information content (AvgIpc) is 2.54. The Morgan fingerprint density at radius 1 is 1.21 bits per heavy atom. The first kappa shape index (κ1) is 22.7. The number of hydrogen-bond donors (Lipinski definition) is 3. The van der Waals surface area contributed by atoms with Crippen LogP contribution in [0.1, 0.15) is 45.2 Å². The SMILES string of the molecule is CCc1cccc(CC)c1NC(N)=NCCCNC(=O)C(C)C.I. The standard InChI is InChI=1S/C18H30N4O.HI/c1-5-14-9-7-10-15(6-2)16(14)22-18(19)21-12-8-11-20-17(23)13(3)4;/h7,9-10,13H,5-6,8,11-12H2,1-4H3,(H,20,23)(H3,19,21,22);1H. The Kier molecular flexibility index (Phi) is 11.4. The van der Waals surface area contributed by atoms with E-state index in [1.807, 2.05) is 13.8 Å². The van der Waals surface area contributed by atoms with Gasteiger partial charge in [0.25, 0.3) is 0 Å². The fourth-order valence-electron chi connectivity index (χ4n) is 2.27. The number of aliphatic imine (C=N–C) groups is 1. The number of nitrogens with one attached hydrogen (secondary N) is 2. The molecule has 1 aromatic rings. The number of amides is 1. The lowest BCUT2D eigenvalue weighted by Gasteiger charge is -2.14. The highest BCUT2D eigenvalue weighted by atomic mass is 127. The fraction of sp³-hybridized carbons (Fsp3) is 0.556. The third-order valence-corrected chi connectivity index (χ3v) is 3.69. The molecule has 4 N–H and O–H groups in total. The number of aryl methyl sites for hydroxylation is 2. The number of carbonyl (C=O) groups is 1.